The lowest BCUT2D eigenvalue weighted by Gasteiger charge is -2.14. The molecule has 1 rings (SSSR count). The molecule has 0 bridgehead atoms. The molecule has 0 aromatic carbocycles. The third-order valence-corrected chi connectivity index (χ3v) is 5.36. The van der Waals surface area contributed by atoms with Gasteiger partial charge in [0.1, 0.15) is 4.90 Å². The maximum atomic E-state index is 12.4. The zero-order chi connectivity index (χ0) is 18.3. The van der Waals surface area contributed by atoms with Gasteiger partial charge in [-0.3, -0.25) is 23.5 Å². The normalized spacial score (nSPS) is 10.5. The maximum Gasteiger partial charge on any atom is 0.331 e. The van der Waals surface area contributed by atoms with Crippen molar-refractivity contribution in [1.82, 2.24) is 19.8 Å². The number of rotatable bonds is 8. The smallest absolute Gasteiger partial charge is 0.331 e. The van der Waals surface area contributed by atoms with E-state index in [0.717, 1.165) is 4.57 Å². The van der Waals surface area contributed by atoms with Gasteiger partial charge in [-0.1, -0.05) is 0 Å². The molecule has 8 nitrogen and oxygen atoms in total. The Bertz CT molecular complexity index is 727. The third-order valence-electron chi connectivity index (χ3n) is 3.01. The van der Waals surface area contributed by atoms with Gasteiger partial charge in [0, 0.05) is 52.5 Å². The van der Waals surface area contributed by atoms with Crippen molar-refractivity contribution in [2.75, 3.05) is 24.6 Å². The third kappa shape index (κ3) is 5.75. The second-order valence-corrected chi connectivity index (χ2v) is 7.19. The molecule has 10 heteroatoms. The largest absolute Gasteiger partial charge is 0.356 e. The molecule has 1 aromatic rings. The summed E-state index contributed by atoms with van der Waals surface area (Å²) in [4.78, 5) is 46.8. The molecule has 1 heterocycles. The summed E-state index contributed by atoms with van der Waals surface area (Å²) in [5.41, 5.74) is -0.749. The van der Waals surface area contributed by atoms with Crippen LogP contribution in [-0.4, -0.2) is 45.5 Å². The first-order valence-electron chi connectivity index (χ1n) is 7.30. The lowest BCUT2D eigenvalue weighted by molar-refractivity contribution is -0.119. The average Bonchev–Trinajstić information content (AvgIpc) is 2.51. The number of hydrogen-bond acceptors (Lipinski definition) is 6. The second kappa shape index (κ2) is 9.58. The summed E-state index contributed by atoms with van der Waals surface area (Å²) in [6.45, 7) is 3.74. The zero-order valence-corrected chi connectivity index (χ0v) is 15.8. The van der Waals surface area contributed by atoms with Crippen LogP contribution in [0.25, 0.3) is 0 Å². The standard InChI is InChI=1S/C14H22N4O4S2/c1-9(19)15-5-7-23-11-12(21)17(3)14(22)18(4)13(11)24-8-6-16-10(2)20/h5-8H2,1-4H3,(H,15,19)(H,16,20). The van der Waals surface area contributed by atoms with Crippen LogP contribution < -0.4 is 21.9 Å². The molecule has 0 radical (unpaired) electrons. The van der Waals surface area contributed by atoms with E-state index < -0.39 is 5.69 Å². The summed E-state index contributed by atoms with van der Waals surface area (Å²) in [6.07, 6.45) is 0. The predicted octanol–water partition coefficient (Wildman–Crippen LogP) is -0.460. The zero-order valence-electron chi connectivity index (χ0n) is 14.2. The molecular weight excluding hydrogens is 352 g/mol. The first-order chi connectivity index (χ1) is 11.3. The number of nitrogens with zero attached hydrogens (tertiary/aromatic N) is 2. The predicted molar refractivity (Wildman–Crippen MR) is 95.7 cm³/mol. The lowest BCUT2D eigenvalue weighted by Crippen LogP contribution is -2.39. The Morgan fingerprint density at radius 3 is 1.92 bits per heavy atom. The monoisotopic (exact) mass is 374 g/mol. The van der Waals surface area contributed by atoms with E-state index in [1.54, 1.807) is 7.05 Å². The van der Waals surface area contributed by atoms with E-state index in [4.69, 9.17) is 0 Å². The Morgan fingerprint density at radius 1 is 0.917 bits per heavy atom. The Hall–Kier alpha value is -1.68. The Morgan fingerprint density at radius 2 is 1.42 bits per heavy atom. The van der Waals surface area contributed by atoms with Crippen molar-refractivity contribution in [2.45, 2.75) is 23.8 Å². The number of amides is 2. The molecule has 0 aliphatic carbocycles. The summed E-state index contributed by atoms with van der Waals surface area (Å²) in [5.74, 6) is 0.804. The highest BCUT2D eigenvalue weighted by molar-refractivity contribution is 8.02. The molecule has 134 valence electrons. The van der Waals surface area contributed by atoms with Crippen LogP contribution >= 0.6 is 23.5 Å². The molecule has 2 amide bonds. The van der Waals surface area contributed by atoms with E-state index in [1.807, 2.05) is 0 Å². The van der Waals surface area contributed by atoms with Crippen LogP contribution in [0.15, 0.2) is 19.5 Å². The van der Waals surface area contributed by atoms with Gasteiger partial charge in [0.15, 0.2) is 0 Å². The summed E-state index contributed by atoms with van der Waals surface area (Å²) in [6, 6.07) is 0. The van der Waals surface area contributed by atoms with Gasteiger partial charge < -0.3 is 10.6 Å². The second-order valence-electron chi connectivity index (χ2n) is 5.00. The minimum absolute atomic E-state index is 0.127. The summed E-state index contributed by atoms with van der Waals surface area (Å²) in [7, 11) is 3.05. The van der Waals surface area contributed by atoms with E-state index in [9.17, 15) is 19.2 Å². The van der Waals surface area contributed by atoms with Crippen LogP contribution in [0, 0.1) is 0 Å². The van der Waals surface area contributed by atoms with Gasteiger partial charge >= 0.3 is 5.69 Å². The first-order valence-corrected chi connectivity index (χ1v) is 9.27. The van der Waals surface area contributed by atoms with Crippen LogP contribution in [-0.2, 0) is 23.7 Å². The number of carbonyl (C=O) groups excluding carboxylic acids is 2. The van der Waals surface area contributed by atoms with Gasteiger partial charge in [0.2, 0.25) is 11.8 Å². The van der Waals surface area contributed by atoms with Crippen LogP contribution in [0.3, 0.4) is 0 Å². The topological polar surface area (TPSA) is 102 Å². The molecule has 2 N–H and O–H groups in total. The number of hydrogen-bond donors (Lipinski definition) is 2. The van der Waals surface area contributed by atoms with Crippen LogP contribution in [0.4, 0.5) is 0 Å². The van der Waals surface area contributed by atoms with Gasteiger partial charge in [-0.25, -0.2) is 4.79 Å². The summed E-state index contributed by atoms with van der Waals surface area (Å²) >= 11 is 2.64. The molecule has 1 aromatic heterocycles. The Kier molecular flexibility index (Phi) is 8.13. The Balaban J connectivity index is 2.96. The summed E-state index contributed by atoms with van der Waals surface area (Å²) in [5, 5.41) is 5.91. The van der Waals surface area contributed by atoms with Crippen molar-refractivity contribution < 1.29 is 9.59 Å². The van der Waals surface area contributed by atoms with Gasteiger partial charge in [-0.05, 0) is 0 Å². The van der Waals surface area contributed by atoms with Gasteiger partial charge in [0.25, 0.3) is 5.56 Å². The number of aromatic nitrogens is 2. The van der Waals surface area contributed by atoms with E-state index in [1.165, 1.54) is 49.0 Å². The fraction of sp³-hybridized carbons (Fsp3) is 0.571. The molecule has 0 atom stereocenters. The molecule has 0 fully saturated rings. The van der Waals surface area contributed by atoms with Crippen LogP contribution in [0.5, 0.6) is 0 Å². The molecule has 0 unspecified atom stereocenters. The highest BCUT2D eigenvalue weighted by atomic mass is 32.2. The fourth-order valence-corrected chi connectivity index (χ4v) is 4.01. The quantitative estimate of drug-likeness (QED) is 0.363. The highest BCUT2D eigenvalue weighted by Crippen LogP contribution is 2.26. The number of carbonyl (C=O) groups is 2. The SMILES string of the molecule is CC(=O)NCCSc1c(SCCNC(C)=O)n(C)c(=O)n(C)c1=O. The van der Waals surface area contributed by atoms with E-state index >= 15 is 0 Å². The van der Waals surface area contributed by atoms with Gasteiger partial charge in [0.05, 0.1) is 5.03 Å². The number of thioether (sulfide) groups is 2. The van der Waals surface area contributed by atoms with Crippen LogP contribution in [0.1, 0.15) is 13.8 Å². The van der Waals surface area contributed by atoms with Crippen molar-refractivity contribution in [3.8, 4) is 0 Å². The Labute approximate surface area is 148 Å². The average molecular weight is 374 g/mol. The van der Waals surface area contributed by atoms with E-state index in [-0.39, 0.29) is 17.4 Å². The fourth-order valence-electron chi connectivity index (χ4n) is 1.84. The van der Waals surface area contributed by atoms with Crippen molar-refractivity contribution in [1.29, 1.82) is 0 Å². The number of nitrogens with one attached hydrogen (secondary N) is 2. The highest BCUT2D eigenvalue weighted by Gasteiger charge is 2.16. The minimum Gasteiger partial charge on any atom is -0.356 e. The van der Waals surface area contributed by atoms with E-state index in [0.29, 0.717) is 34.5 Å². The van der Waals surface area contributed by atoms with Crippen LogP contribution in [0.2, 0.25) is 0 Å². The van der Waals surface area contributed by atoms with Crippen molar-refractivity contribution >= 4 is 35.3 Å². The van der Waals surface area contributed by atoms with Crippen molar-refractivity contribution in [2.24, 2.45) is 14.1 Å². The molecule has 0 aliphatic rings. The molecular formula is C14H22N4O4S2. The van der Waals surface area contributed by atoms with E-state index in [2.05, 4.69) is 10.6 Å². The molecule has 24 heavy (non-hydrogen) atoms. The van der Waals surface area contributed by atoms with Crippen molar-refractivity contribution in [3.63, 3.8) is 0 Å². The molecule has 0 saturated carbocycles. The first kappa shape index (κ1) is 20.4. The molecule has 0 aliphatic heterocycles. The molecule has 0 spiro atoms. The minimum atomic E-state index is -0.395. The summed E-state index contributed by atoms with van der Waals surface area (Å²) < 4.78 is 2.50. The van der Waals surface area contributed by atoms with Gasteiger partial charge in [-0.15, -0.1) is 23.5 Å². The lowest BCUT2D eigenvalue weighted by atomic mass is 10.6. The van der Waals surface area contributed by atoms with Crippen molar-refractivity contribution in [3.05, 3.63) is 20.8 Å². The van der Waals surface area contributed by atoms with Gasteiger partial charge in [-0.2, -0.15) is 0 Å². The molecule has 0 saturated heterocycles. The maximum absolute atomic E-state index is 12.4.